The van der Waals surface area contributed by atoms with Gasteiger partial charge >= 0.3 is 88.7 Å². The normalized spacial score (nSPS) is 3.00. The predicted molar refractivity (Wildman–Crippen MR) is 11.1 cm³/mol. The van der Waals surface area contributed by atoms with Crippen molar-refractivity contribution >= 4 is 6.16 Å². The minimum atomic E-state index is -2.08. The van der Waals surface area contributed by atoms with Gasteiger partial charge in [0.15, 0.2) is 0 Å². The van der Waals surface area contributed by atoms with Gasteiger partial charge in [-0.15, -0.1) is 0 Å². The third kappa shape index (κ3) is 86.5. The molecule has 0 fully saturated rings. The van der Waals surface area contributed by atoms with E-state index in [-0.39, 0.29) is 95.6 Å². The summed E-state index contributed by atoms with van der Waals surface area (Å²) in [5, 5.41) is 15.3. The van der Waals surface area contributed by atoms with Crippen LogP contribution < -0.4 is 93.8 Å². The topological polar surface area (TPSA) is 90.4 Å². The van der Waals surface area contributed by atoms with Crippen molar-refractivity contribution in [2.75, 3.05) is 0 Å². The van der Waals surface area contributed by atoms with Gasteiger partial charge in [-0.25, -0.2) is 0 Å². The van der Waals surface area contributed by atoms with E-state index in [9.17, 15) is 0 Å². The summed E-state index contributed by atoms with van der Waals surface area (Å²) in [6, 6.07) is 0. The second-order valence-corrected chi connectivity index (χ2v) is 0.266. The predicted octanol–water partition coefficient (Wildman–Crippen LogP) is -10.2. The summed E-state index contributed by atoms with van der Waals surface area (Å²) in [5.74, 6) is 0. The molecule has 0 aromatic rings. The number of hydrogen-bond acceptors (Lipinski definition) is 3. The fraction of sp³-hybridized carbons (Fsp3) is 0. The van der Waals surface area contributed by atoms with Gasteiger partial charge in [-0.05, 0) is 0 Å². The summed E-state index contributed by atoms with van der Waals surface area (Å²) >= 11 is 0. The van der Waals surface area contributed by atoms with E-state index < -0.39 is 6.16 Å². The zero-order valence-corrected chi connectivity index (χ0v) is 11.2. The standard InChI is InChI=1S/CH2O3.3Na.H2O.H/c2-1(3)4;;;;;/h(H2,2,3,4);;;;1H2;/q;3*+1;;-1/p-2. The Bertz CT molecular complexity index is 38.8. The molecule has 0 radical (unpaired) electrons. The summed E-state index contributed by atoms with van der Waals surface area (Å²) in [7, 11) is 0. The molecule has 0 aromatic heterocycles. The molecule has 0 saturated carbocycles. The van der Waals surface area contributed by atoms with E-state index >= 15 is 0 Å². The maximum atomic E-state index is 8.44. The summed E-state index contributed by atoms with van der Waals surface area (Å²) in [4.78, 5) is 8.44. The first-order chi connectivity index (χ1) is 1.73. The van der Waals surface area contributed by atoms with Crippen LogP contribution >= 0.6 is 0 Å². The minimum Gasteiger partial charge on any atom is -1.00 e. The van der Waals surface area contributed by atoms with Crippen LogP contribution in [-0.2, 0) is 0 Å². The summed E-state index contributed by atoms with van der Waals surface area (Å²) in [6.07, 6.45) is -2.08. The zero-order chi connectivity index (χ0) is 3.58. The first kappa shape index (κ1) is 31.9. The third-order valence-electron chi connectivity index (χ3n) is 0. The number of hydrogen-bond donors (Lipinski definition) is 1. The first-order valence-electron chi connectivity index (χ1n) is 0.632. The Kier molecular flexibility index (Phi) is 91.0. The third-order valence-corrected chi connectivity index (χ3v) is 0. The largest absolute Gasteiger partial charge is 1.00 e. The molecule has 0 rings (SSSR count). The molecule has 2 N–H and O–H groups in total. The van der Waals surface area contributed by atoms with E-state index in [1.54, 1.807) is 0 Å². The number of carbonyl (C=O) groups is 1. The second-order valence-electron chi connectivity index (χ2n) is 0.266. The van der Waals surface area contributed by atoms with E-state index in [0.29, 0.717) is 0 Å². The van der Waals surface area contributed by atoms with Gasteiger partial charge in [-0.2, -0.15) is 0 Å². The van der Waals surface area contributed by atoms with Crippen molar-refractivity contribution in [1.29, 1.82) is 0 Å². The molecule has 34 valence electrons. The van der Waals surface area contributed by atoms with Gasteiger partial charge in [-0.1, -0.05) is 0 Å². The van der Waals surface area contributed by atoms with Gasteiger partial charge in [0.25, 0.3) is 0 Å². The molecule has 0 aliphatic heterocycles. The Balaban J connectivity index is -0.00000000450. The van der Waals surface area contributed by atoms with Gasteiger partial charge in [0.1, 0.15) is 0 Å². The van der Waals surface area contributed by atoms with Gasteiger partial charge < -0.3 is 21.9 Å². The van der Waals surface area contributed by atoms with Gasteiger partial charge in [0, 0.05) is 0 Å². The first-order valence-corrected chi connectivity index (χ1v) is 0.632. The Morgan fingerprint density at radius 1 is 1.38 bits per heavy atom. The molecule has 0 spiro atoms. The van der Waals surface area contributed by atoms with Crippen LogP contribution in [0.1, 0.15) is 1.43 Å². The second kappa shape index (κ2) is 22.9. The van der Waals surface area contributed by atoms with Crippen LogP contribution in [0.15, 0.2) is 0 Å². The Labute approximate surface area is 115 Å². The SMILES string of the molecule is O=C([O-])O.[H-].[Na+].[Na+].[Na+].[OH-]. The molecule has 0 bridgehead atoms. The van der Waals surface area contributed by atoms with Crippen LogP contribution in [0, 0.1) is 0 Å². The Hall–Kier alpha value is 2.23. The molecule has 4 nitrogen and oxygen atoms in total. The molecular formula is CH3Na3O4. The molecule has 0 aromatic carbocycles. The van der Waals surface area contributed by atoms with Crippen molar-refractivity contribution in [3.63, 3.8) is 0 Å². The van der Waals surface area contributed by atoms with Crippen molar-refractivity contribution in [3.8, 4) is 0 Å². The molecule has 0 atom stereocenters. The maximum absolute atomic E-state index is 8.44. The monoisotopic (exact) mass is 148 g/mol. The van der Waals surface area contributed by atoms with E-state index in [1.165, 1.54) is 0 Å². The van der Waals surface area contributed by atoms with Gasteiger partial charge in [0.05, 0.1) is 0 Å². The molecule has 0 unspecified atom stereocenters. The molecule has 8 heavy (non-hydrogen) atoms. The number of rotatable bonds is 0. The minimum absolute atomic E-state index is 0. The van der Waals surface area contributed by atoms with E-state index in [0.717, 1.165) is 0 Å². The van der Waals surface area contributed by atoms with Crippen molar-refractivity contribution in [3.05, 3.63) is 0 Å². The van der Waals surface area contributed by atoms with E-state index in [4.69, 9.17) is 15.0 Å². The van der Waals surface area contributed by atoms with Crippen LogP contribution in [0.3, 0.4) is 0 Å². The van der Waals surface area contributed by atoms with Crippen molar-refractivity contribution < 1.29 is 111 Å². The van der Waals surface area contributed by atoms with Crippen LogP contribution in [0.2, 0.25) is 0 Å². The maximum Gasteiger partial charge on any atom is 1.00 e. The Morgan fingerprint density at radius 2 is 1.38 bits per heavy atom. The zero-order valence-electron chi connectivity index (χ0n) is 6.21. The van der Waals surface area contributed by atoms with Crippen molar-refractivity contribution in [2.45, 2.75) is 0 Å². The summed E-state index contributed by atoms with van der Waals surface area (Å²) in [5.41, 5.74) is 0. The number of carboxylic acid groups (broad SMARTS) is 2. The summed E-state index contributed by atoms with van der Waals surface area (Å²) in [6.45, 7) is 0. The Morgan fingerprint density at radius 3 is 1.38 bits per heavy atom. The quantitative estimate of drug-likeness (QED) is 0.345. The van der Waals surface area contributed by atoms with Crippen molar-refractivity contribution in [2.24, 2.45) is 0 Å². The smallest absolute Gasteiger partial charge is 1.00 e. The van der Waals surface area contributed by atoms with Crippen LogP contribution in [0.4, 0.5) is 4.79 Å². The summed E-state index contributed by atoms with van der Waals surface area (Å²) < 4.78 is 0. The van der Waals surface area contributed by atoms with Crippen LogP contribution in [0.5, 0.6) is 0 Å². The average molecular weight is 148 g/mol. The van der Waals surface area contributed by atoms with E-state index in [1.807, 2.05) is 0 Å². The van der Waals surface area contributed by atoms with E-state index in [2.05, 4.69) is 0 Å². The van der Waals surface area contributed by atoms with Crippen molar-refractivity contribution in [1.82, 2.24) is 0 Å². The average Bonchev–Trinajstić information content (AvgIpc) is 0.811. The fourth-order valence-electron chi connectivity index (χ4n) is 0. The molecular weight excluding hydrogens is 145 g/mol. The molecule has 0 saturated heterocycles. The fourth-order valence-corrected chi connectivity index (χ4v) is 0. The molecule has 0 heterocycles. The molecule has 0 amide bonds. The molecule has 0 aliphatic rings. The molecule has 7 heteroatoms. The molecule has 0 aliphatic carbocycles. The van der Waals surface area contributed by atoms with Crippen LogP contribution in [-0.4, -0.2) is 16.7 Å². The van der Waals surface area contributed by atoms with Gasteiger partial charge in [-0.3, -0.25) is 0 Å². The van der Waals surface area contributed by atoms with Crippen LogP contribution in [0.25, 0.3) is 0 Å². The van der Waals surface area contributed by atoms with Gasteiger partial charge in [0.2, 0.25) is 6.16 Å².